The lowest BCUT2D eigenvalue weighted by Gasteiger charge is -2.13. The van der Waals surface area contributed by atoms with Gasteiger partial charge < -0.3 is 5.11 Å². The molecule has 8 heavy (non-hydrogen) atoms. The Hall–Kier alpha value is -0.480. The van der Waals surface area contributed by atoms with Gasteiger partial charge in [-0.1, -0.05) is 19.3 Å². The Morgan fingerprint density at radius 1 is 1.75 bits per heavy atom. The van der Waals surface area contributed by atoms with Gasteiger partial charge in [0, 0.05) is 0 Å². The molecule has 0 aliphatic heterocycles. The molecule has 1 heteroatoms. The summed E-state index contributed by atoms with van der Waals surface area (Å²) in [7, 11) is 0. The monoisotopic (exact) mass is 112 g/mol. The lowest BCUT2D eigenvalue weighted by molar-refractivity contribution is 0.111. The van der Waals surface area contributed by atoms with Gasteiger partial charge >= 0.3 is 0 Å². The van der Waals surface area contributed by atoms with Gasteiger partial charge in [0.15, 0.2) is 0 Å². The van der Waals surface area contributed by atoms with E-state index in [2.05, 4.69) is 5.92 Å². The van der Waals surface area contributed by atoms with Gasteiger partial charge in [-0.15, -0.1) is 6.42 Å². The van der Waals surface area contributed by atoms with Gasteiger partial charge in [-0.2, -0.15) is 0 Å². The maximum absolute atomic E-state index is 9.09. The van der Waals surface area contributed by atoms with E-state index in [0.717, 1.165) is 6.42 Å². The standard InChI is InChI=1S/C7H12O/c1-4-6-7(3,8)5-2/h2,8H,4,6H2,1,3H3. The molecule has 0 heterocycles. The second kappa shape index (κ2) is 2.74. The van der Waals surface area contributed by atoms with Crippen molar-refractivity contribution < 1.29 is 5.11 Å². The zero-order valence-corrected chi connectivity index (χ0v) is 5.44. The van der Waals surface area contributed by atoms with Gasteiger partial charge in [-0.25, -0.2) is 0 Å². The van der Waals surface area contributed by atoms with Crippen molar-refractivity contribution in [1.29, 1.82) is 0 Å². The van der Waals surface area contributed by atoms with Crippen LogP contribution in [-0.4, -0.2) is 10.7 Å². The van der Waals surface area contributed by atoms with Crippen LogP contribution in [0.4, 0.5) is 0 Å². The smallest absolute Gasteiger partial charge is 0.122 e. The number of rotatable bonds is 2. The summed E-state index contributed by atoms with van der Waals surface area (Å²) in [6, 6.07) is 0. The molecule has 0 radical (unpaired) electrons. The summed E-state index contributed by atoms with van der Waals surface area (Å²) in [5.41, 5.74) is -0.880. The molecule has 0 rings (SSSR count). The molecular formula is C7H12O. The van der Waals surface area contributed by atoms with Crippen LogP contribution in [0.1, 0.15) is 26.7 Å². The van der Waals surface area contributed by atoms with Crippen LogP contribution in [0.5, 0.6) is 0 Å². The molecule has 0 aliphatic carbocycles. The first-order valence-electron chi connectivity index (χ1n) is 2.82. The van der Waals surface area contributed by atoms with Gasteiger partial charge in [-0.05, 0) is 13.3 Å². The van der Waals surface area contributed by atoms with Crippen LogP contribution in [0, 0.1) is 12.3 Å². The summed E-state index contributed by atoms with van der Waals surface area (Å²) in [6.45, 7) is 3.64. The van der Waals surface area contributed by atoms with Crippen LogP contribution in [0.3, 0.4) is 0 Å². The number of aliphatic hydroxyl groups is 1. The SMILES string of the molecule is C#CC(C)(O)CCC. The highest BCUT2D eigenvalue weighted by atomic mass is 16.3. The molecule has 1 atom stereocenters. The predicted octanol–water partition coefficient (Wildman–Crippen LogP) is 1.17. The summed E-state index contributed by atoms with van der Waals surface area (Å²) in [5.74, 6) is 2.30. The Morgan fingerprint density at radius 3 is 2.38 bits per heavy atom. The Balaban J connectivity index is 3.59. The van der Waals surface area contributed by atoms with Crippen molar-refractivity contribution >= 4 is 0 Å². The van der Waals surface area contributed by atoms with Crippen molar-refractivity contribution in [1.82, 2.24) is 0 Å². The molecule has 0 aromatic rings. The number of hydrogen-bond acceptors (Lipinski definition) is 1. The quantitative estimate of drug-likeness (QED) is 0.532. The molecule has 0 amide bonds. The molecule has 0 fully saturated rings. The van der Waals surface area contributed by atoms with Crippen LogP contribution >= 0.6 is 0 Å². The Kier molecular flexibility index (Phi) is 2.57. The van der Waals surface area contributed by atoms with Gasteiger partial charge in [0.2, 0.25) is 0 Å². The van der Waals surface area contributed by atoms with Crippen molar-refractivity contribution in [2.75, 3.05) is 0 Å². The van der Waals surface area contributed by atoms with E-state index in [1.54, 1.807) is 6.92 Å². The summed E-state index contributed by atoms with van der Waals surface area (Å²) in [5, 5.41) is 9.09. The van der Waals surface area contributed by atoms with Crippen molar-refractivity contribution in [3.63, 3.8) is 0 Å². The van der Waals surface area contributed by atoms with E-state index in [9.17, 15) is 0 Å². The largest absolute Gasteiger partial charge is 0.378 e. The predicted molar refractivity (Wildman–Crippen MR) is 34.4 cm³/mol. The third-order valence-electron chi connectivity index (χ3n) is 1.05. The average molecular weight is 112 g/mol. The fraction of sp³-hybridized carbons (Fsp3) is 0.714. The molecule has 46 valence electrons. The molecule has 0 saturated heterocycles. The molecular weight excluding hydrogens is 100 g/mol. The molecule has 0 aromatic carbocycles. The van der Waals surface area contributed by atoms with E-state index in [-0.39, 0.29) is 0 Å². The van der Waals surface area contributed by atoms with Gasteiger partial charge in [0.1, 0.15) is 5.60 Å². The summed E-state index contributed by atoms with van der Waals surface area (Å²) in [6.07, 6.45) is 6.60. The van der Waals surface area contributed by atoms with Gasteiger partial charge in [0.05, 0.1) is 0 Å². The van der Waals surface area contributed by atoms with Gasteiger partial charge in [0.25, 0.3) is 0 Å². The first kappa shape index (κ1) is 7.52. The Labute approximate surface area is 50.7 Å². The van der Waals surface area contributed by atoms with Gasteiger partial charge in [-0.3, -0.25) is 0 Å². The Bertz CT molecular complexity index is 97.4. The van der Waals surface area contributed by atoms with Crippen molar-refractivity contribution in [2.24, 2.45) is 0 Å². The third kappa shape index (κ3) is 2.65. The minimum Gasteiger partial charge on any atom is -0.378 e. The topological polar surface area (TPSA) is 20.2 Å². The number of terminal acetylenes is 1. The normalized spacial score (nSPS) is 16.8. The van der Waals surface area contributed by atoms with Crippen molar-refractivity contribution in [2.45, 2.75) is 32.3 Å². The van der Waals surface area contributed by atoms with E-state index in [4.69, 9.17) is 11.5 Å². The zero-order valence-electron chi connectivity index (χ0n) is 5.44. The maximum atomic E-state index is 9.09. The van der Waals surface area contributed by atoms with E-state index < -0.39 is 5.60 Å². The second-order valence-electron chi connectivity index (χ2n) is 2.17. The van der Waals surface area contributed by atoms with Crippen LogP contribution in [-0.2, 0) is 0 Å². The van der Waals surface area contributed by atoms with Crippen molar-refractivity contribution in [3.8, 4) is 12.3 Å². The minimum absolute atomic E-state index is 0.684. The lowest BCUT2D eigenvalue weighted by Crippen LogP contribution is -2.19. The van der Waals surface area contributed by atoms with Crippen LogP contribution < -0.4 is 0 Å². The zero-order chi connectivity index (χ0) is 6.62. The fourth-order valence-corrected chi connectivity index (χ4v) is 0.559. The summed E-state index contributed by atoms with van der Waals surface area (Å²) >= 11 is 0. The van der Waals surface area contributed by atoms with Crippen molar-refractivity contribution in [3.05, 3.63) is 0 Å². The molecule has 0 aliphatic rings. The van der Waals surface area contributed by atoms with Crippen LogP contribution in [0.2, 0.25) is 0 Å². The average Bonchev–Trinajstić information content (AvgIpc) is 1.67. The molecule has 1 unspecified atom stereocenters. The molecule has 0 saturated carbocycles. The summed E-state index contributed by atoms with van der Waals surface area (Å²) in [4.78, 5) is 0. The number of hydrogen-bond donors (Lipinski definition) is 1. The van der Waals surface area contributed by atoms with E-state index >= 15 is 0 Å². The maximum Gasteiger partial charge on any atom is 0.122 e. The van der Waals surface area contributed by atoms with E-state index in [0.29, 0.717) is 6.42 Å². The molecule has 0 aromatic heterocycles. The minimum atomic E-state index is -0.880. The highest BCUT2D eigenvalue weighted by Gasteiger charge is 2.12. The van der Waals surface area contributed by atoms with Crippen LogP contribution in [0.15, 0.2) is 0 Å². The molecule has 0 spiro atoms. The van der Waals surface area contributed by atoms with E-state index in [1.165, 1.54) is 0 Å². The first-order chi connectivity index (χ1) is 3.62. The van der Waals surface area contributed by atoms with Crippen LogP contribution in [0.25, 0.3) is 0 Å². The van der Waals surface area contributed by atoms with E-state index in [1.807, 2.05) is 6.92 Å². The molecule has 0 bridgehead atoms. The highest BCUT2D eigenvalue weighted by Crippen LogP contribution is 2.08. The Morgan fingerprint density at radius 2 is 2.25 bits per heavy atom. The summed E-state index contributed by atoms with van der Waals surface area (Å²) < 4.78 is 0. The lowest BCUT2D eigenvalue weighted by atomic mass is 10.0. The molecule has 1 N–H and O–H groups in total. The highest BCUT2D eigenvalue weighted by molar-refractivity contribution is 5.03. The fourth-order valence-electron chi connectivity index (χ4n) is 0.559. The third-order valence-corrected chi connectivity index (χ3v) is 1.05. The first-order valence-corrected chi connectivity index (χ1v) is 2.82. The second-order valence-corrected chi connectivity index (χ2v) is 2.17. The molecule has 1 nitrogen and oxygen atoms in total.